The van der Waals surface area contributed by atoms with Gasteiger partial charge in [0.25, 0.3) is 0 Å². The highest BCUT2D eigenvalue weighted by Crippen LogP contribution is 2.19. The second-order valence-corrected chi connectivity index (χ2v) is 10.4. The zero-order valence-corrected chi connectivity index (χ0v) is 18.7. The topological polar surface area (TPSA) is 89.5 Å². The number of ether oxygens (including phenoxy) is 1. The van der Waals surface area contributed by atoms with Crippen LogP contribution in [0.1, 0.15) is 38.3 Å². The fourth-order valence-corrected chi connectivity index (χ4v) is 4.38. The van der Waals surface area contributed by atoms with Crippen LogP contribution in [0.2, 0.25) is 0 Å². The van der Waals surface area contributed by atoms with Crippen LogP contribution >= 0.6 is 0 Å². The van der Waals surface area contributed by atoms with E-state index in [9.17, 15) is 18.0 Å². The van der Waals surface area contributed by atoms with E-state index in [2.05, 4.69) is 5.32 Å². The Hall–Kier alpha value is -2.67. The number of carbonyl (C=O) groups is 2. The molecular formula is C23H29NO5S. The molecule has 0 spiro atoms. The van der Waals surface area contributed by atoms with Gasteiger partial charge in [0.05, 0.1) is 16.6 Å². The maximum atomic E-state index is 12.9. The summed E-state index contributed by atoms with van der Waals surface area (Å²) < 4.78 is 31.1. The van der Waals surface area contributed by atoms with Crippen LogP contribution in [0.3, 0.4) is 0 Å². The lowest BCUT2D eigenvalue weighted by Crippen LogP contribution is -2.42. The molecule has 0 aliphatic rings. The first-order valence-corrected chi connectivity index (χ1v) is 11.4. The van der Waals surface area contributed by atoms with Gasteiger partial charge >= 0.3 is 5.97 Å². The summed E-state index contributed by atoms with van der Waals surface area (Å²) in [6, 6.07) is 15.5. The molecular weight excluding hydrogens is 402 g/mol. The zero-order valence-electron chi connectivity index (χ0n) is 17.8. The molecule has 0 fully saturated rings. The first-order chi connectivity index (χ1) is 14.0. The molecule has 2 rings (SSSR count). The van der Waals surface area contributed by atoms with E-state index < -0.39 is 38.9 Å². The van der Waals surface area contributed by atoms with Crippen LogP contribution in [-0.4, -0.2) is 31.6 Å². The fourth-order valence-electron chi connectivity index (χ4n) is 2.86. The standard InChI is InChI=1S/C23H29NO5S/c1-17-10-12-20(13-11-17)30(27,28)16-19(14-21(25)24-23(2,3)4)22(26)29-15-18-8-6-5-7-9-18/h5-13,19H,14-16H2,1-4H3,(H,24,25)/t19-/m1/s1. The Kier molecular flexibility index (Phi) is 7.78. The predicted octanol–water partition coefficient (Wildman–Crippen LogP) is 3.43. The van der Waals surface area contributed by atoms with Gasteiger partial charge in [-0.2, -0.15) is 0 Å². The third-order valence-electron chi connectivity index (χ3n) is 4.30. The third kappa shape index (κ3) is 7.63. The van der Waals surface area contributed by atoms with E-state index in [4.69, 9.17) is 4.74 Å². The van der Waals surface area contributed by atoms with Crippen LogP contribution in [0.5, 0.6) is 0 Å². The van der Waals surface area contributed by atoms with E-state index in [0.29, 0.717) is 0 Å². The van der Waals surface area contributed by atoms with Crippen molar-refractivity contribution in [1.82, 2.24) is 5.32 Å². The van der Waals surface area contributed by atoms with Crippen LogP contribution in [0, 0.1) is 12.8 Å². The highest BCUT2D eigenvalue weighted by atomic mass is 32.2. The van der Waals surface area contributed by atoms with Crippen LogP contribution < -0.4 is 5.32 Å². The first kappa shape index (κ1) is 23.6. The Morgan fingerprint density at radius 3 is 2.17 bits per heavy atom. The maximum absolute atomic E-state index is 12.9. The average Bonchev–Trinajstić information content (AvgIpc) is 2.65. The average molecular weight is 432 g/mol. The summed E-state index contributed by atoms with van der Waals surface area (Å²) in [6.07, 6.45) is -0.268. The predicted molar refractivity (Wildman–Crippen MR) is 115 cm³/mol. The minimum Gasteiger partial charge on any atom is -0.461 e. The summed E-state index contributed by atoms with van der Waals surface area (Å²) >= 11 is 0. The van der Waals surface area contributed by atoms with Crippen molar-refractivity contribution >= 4 is 21.7 Å². The van der Waals surface area contributed by atoms with Crippen molar-refractivity contribution in [3.63, 3.8) is 0 Å². The van der Waals surface area contributed by atoms with Gasteiger partial charge in [0.1, 0.15) is 6.61 Å². The molecule has 1 amide bonds. The number of esters is 1. The Morgan fingerprint density at radius 2 is 1.60 bits per heavy atom. The molecule has 0 aromatic heterocycles. The van der Waals surface area contributed by atoms with E-state index in [1.807, 2.05) is 45.9 Å². The molecule has 0 aliphatic carbocycles. The van der Waals surface area contributed by atoms with Crippen LogP contribution in [0.15, 0.2) is 59.5 Å². The van der Waals surface area contributed by atoms with Crippen LogP contribution in [0.4, 0.5) is 0 Å². The molecule has 0 bridgehead atoms. The highest BCUT2D eigenvalue weighted by Gasteiger charge is 2.31. The number of aryl methyl sites for hydroxylation is 1. The van der Waals surface area contributed by atoms with Gasteiger partial charge < -0.3 is 10.1 Å². The van der Waals surface area contributed by atoms with Crippen molar-refractivity contribution in [1.29, 1.82) is 0 Å². The van der Waals surface area contributed by atoms with Gasteiger partial charge in [-0.05, 0) is 45.4 Å². The molecule has 6 nitrogen and oxygen atoms in total. The monoisotopic (exact) mass is 431 g/mol. The number of sulfone groups is 1. The first-order valence-electron chi connectivity index (χ1n) is 9.77. The van der Waals surface area contributed by atoms with E-state index in [0.717, 1.165) is 11.1 Å². The molecule has 1 atom stereocenters. The molecule has 0 saturated heterocycles. The molecule has 0 heterocycles. The molecule has 0 aliphatic heterocycles. The minimum absolute atomic E-state index is 0.0155. The van der Waals surface area contributed by atoms with Gasteiger partial charge in [0.15, 0.2) is 9.84 Å². The maximum Gasteiger partial charge on any atom is 0.310 e. The Labute approximate surface area is 178 Å². The lowest BCUT2D eigenvalue weighted by molar-refractivity contribution is -0.150. The molecule has 1 N–H and O–H groups in total. The largest absolute Gasteiger partial charge is 0.461 e. The van der Waals surface area contributed by atoms with Crippen molar-refractivity contribution < 1.29 is 22.7 Å². The summed E-state index contributed by atoms with van der Waals surface area (Å²) in [5.41, 5.74) is 1.22. The molecule has 162 valence electrons. The summed E-state index contributed by atoms with van der Waals surface area (Å²) in [4.78, 5) is 25.2. The molecule has 2 aromatic rings. The van der Waals surface area contributed by atoms with Crippen molar-refractivity contribution in [2.75, 3.05) is 5.75 Å². The number of hydrogen-bond acceptors (Lipinski definition) is 5. The van der Waals surface area contributed by atoms with E-state index in [1.54, 1.807) is 24.3 Å². The third-order valence-corrected chi connectivity index (χ3v) is 6.14. The second-order valence-electron chi connectivity index (χ2n) is 8.39. The summed E-state index contributed by atoms with van der Waals surface area (Å²) in [5.74, 6) is -2.72. The SMILES string of the molecule is Cc1ccc(S(=O)(=O)C[C@@H](CC(=O)NC(C)(C)C)C(=O)OCc2ccccc2)cc1. The number of carbonyl (C=O) groups excluding carboxylic acids is 2. The number of amides is 1. The van der Waals surface area contributed by atoms with Gasteiger partial charge in [0.2, 0.25) is 5.91 Å². The minimum atomic E-state index is -3.77. The van der Waals surface area contributed by atoms with Gasteiger partial charge in [-0.3, -0.25) is 9.59 Å². The van der Waals surface area contributed by atoms with Crippen molar-refractivity contribution in [3.05, 3.63) is 65.7 Å². The van der Waals surface area contributed by atoms with Crippen molar-refractivity contribution in [2.45, 2.75) is 51.2 Å². The van der Waals surface area contributed by atoms with E-state index in [-0.39, 0.29) is 17.9 Å². The second kappa shape index (κ2) is 9.89. The van der Waals surface area contributed by atoms with E-state index in [1.165, 1.54) is 12.1 Å². The summed E-state index contributed by atoms with van der Waals surface area (Å²) in [6.45, 7) is 7.32. The Morgan fingerprint density at radius 1 is 1.00 bits per heavy atom. The van der Waals surface area contributed by atoms with Gasteiger partial charge in [-0.25, -0.2) is 8.42 Å². The van der Waals surface area contributed by atoms with Crippen molar-refractivity contribution in [3.8, 4) is 0 Å². The fraction of sp³-hybridized carbons (Fsp3) is 0.391. The normalized spacial score (nSPS) is 12.8. The zero-order chi connectivity index (χ0) is 22.4. The lowest BCUT2D eigenvalue weighted by Gasteiger charge is -2.22. The highest BCUT2D eigenvalue weighted by molar-refractivity contribution is 7.91. The number of nitrogens with one attached hydrogen (secondary N) is 1. The smallest absolute Gasteiger partial charge is 0.310 e. The van der Waals surface area contributed by atoms with Crippen molar-refractivity contribution in [2.24, 2.45) is 5.92 Å². The van der Waals surface area contributed by atoms with E-state index >= 15 is 0 Å². The Balaban J connectivity index is 2.17. The summed E-state index contributed by atoms with van der Waals surface area (Å²) in [7, 11) is -3.77. The molecule has 7 heteroatoms. The van der Waals surface area contributed by atoms with Crippen LogP contribution in [0.25, 0.3) is 0 Å². The molecule has 0 unspecified atom stereocenters. The summed E-state index contributed by atoms with van der Waals surface area (Å²) in [5, 5.41) is 2.77. The molecule has 2 aromatic carbocycles. The molecule has 30 heavy (non-hydrogen) atoms. The quantitative estimate of drug-likeness (QED) is 0.647. The van der Waals surface area contributed by atoms with Gasteiger partial charge in [-0.15, -0.1) is 0 Å². The Bertz CT molecular complexity index is 961. The van der Waals surface area contributed by atoms with Crippen LogP contribution in [-0.2, 0) is 30.8 Å². The number of hydrogen-bond donors (Lipinski definition) is 1. The molecule has 0 radical (unpaired) electrons. The van der Waals surface area contributed by atoms with Gasteiger partial charge in [0, 0.05) is 12.0 Å². The lowest BCUT2D eigenvalue weighted by atomic mass is 10.0. The van der Waals surface area contributed by atoms with Gasteiger partial charge in [-0.1, -0.05) is 48.0 Å². The number of rotatable bonds is 8. The number of benzene rings is 2. The molecule has 0 saturated carbocycles.